The van der Waals surface area contributed by atoms with Gasteiger partial charge < -0.3 is 15.1 Å². The average molecular weight is 348 g/mol. The number of piperidine rings is 1. The maximum atomic E-state index is 12.3. The van der Waals surface area contributed by atoms with Crippen LogP contribution in [0.2, 0.25) is 0 Å². The predicted octanol–water partition coefficient (Wildman–Crippen LogP) is 0.767. The first-order chi connectivity index (χ1) is 11.9. The molecule has 136 valence electrons. The van der Waals surface area contributed by atoms with E-state index in [2.05, 4.69) is 16.0 Å². The van der Waals surface area contributed by atoms with Crippen molar-refractivity contribution in [1.82, 2.24) is 20.9 Å². The van der Waals surface area contributed by atoms with Gasteiger partial charge in [-0.3, -0.25) is 19.8 Å². The summed E-state index contributed by atoms with van der Waals surface area (Å²) in [4.78, 5) is 37.9. The third-order valence-electron chi connectivity index (χ3n) is 5.11. The van der Waals surface area contributed by atoms with Gasteiger partial charge in [0.1, 0.15) is 11.3 Å². The minimum absolute atomic E-state index is 0.0250. The summed E-state index contributed by atoms with van der Waals surface area (Å²) < 4.78 is 5.29. The van der Waals surface area contributed by atoms with Crippen molar-refractivity contribution in [3.8, 4) is 0 Å². The van der Waals surface area contributed by atoms with Crippen LogP contribution in [0.1, 0.15) is 38.5 Å². The van der Waals surface area contributed by atoms with Gasteiger partial charge in [-0.15, -0.1) is 0 Å². The largest absolute Gasteiger partial charge is 0.467 e. The molecule has 0 radical (unpaired) electrons. The summed E-state index contributed by atoms with van der Waals surface area (Å²) in [6.07, 6.45) is 3.30. The molecule has 3 N–H and O–H groups in total. The highest BCUT2D eigenvalue weighted by molar-refractivity contribution is 6.07. The normalized spacial score (nSPS) is 28.3. The van der Waals surface area contributed by atoms with Crippen molar-refractivity contribution in [3.05, 3.63) is 24.2 Å². The number of imide groups is 1. The van der Waals surface area contributed by atoms with E-state index >= 15 is 0 Å². The van der Waals surface area contributed by atoms with Gasteiger partial charge >= 0.3 is 6.03 Å². The van der Waals surface area contributed by atoms with E-state index in [1.165, 1.54) is 0 Å². The fourth-order valence-electron chi connectivity index (χ4n) is 3.61. The third-order valence-corrected chi connectivity index (χ3v) is 5.11. The van der Waals surface area contributed by atoms with Crippen molar-refractivity contribution in [2.75, 3.05) is 19.6 Å². The molecule has 3 heterocycles. The van der Waals surface area contributed by atoms with Crippen LogP contribution in [0.15, 0.2) is 22.8 Å². The number of hydrogen-bond donors (Lipinski definition) is 3. The molecule has 2 fully saturated rings. The van der Waals surface area contributed by atoms with Gasteiger partial charge in [0.25, 0.3) is 5.91 Å². The molecule has 4 amide bonds. The Bertz CT molecular complexity index is 660. The zero-order valence-corrected chi connectivity index (χ0v) is 14.5. The molecule has 0 spiro atoms. The van der Waals surface area contributed by atoms with Gasteiger partial charge in [0, 0.05) is 12.5 Å². The summed E-state index contributed by atoms with van der Waals surface area (Å²) in [7, 11) is 0. The number of nitrogens with zero attached hydrogens (tertiary/aromatic N) is 1. The van der Waals surface area contributed by atoms with Gasteiger partial charge in [-0.05, 0) is 45.4 Å². The van der Waals surface area contributed by atoms with Crippen molar-refractivity contribution in [3.63, 3.8) is 0 Å². The van der Waals surface area contributed by atoms with Crippen LogP contribution < -0.4 is 16.0 Å². The fraction of sp³-hybridized carbons (Fsp3) is 0.588. The molecule has 8 nitrogen and oxygen atoms in total. The van der Waals surface area contributed by atoms with E-state index in [0.29, 0.717) is 12.3 Å². The predicted molar refractivity (Wildman–Crippen MR) is 89.5 cm³/mol. The molecule has 0 saturated carbocycles. The summed E-state index contributed by atoms with van der Waals surface area (Å²) in [5.74, 6) is 0.306. The molecule has 3 atom stereocenters. The van der Waals surface area contributed by atoms with E-state index < -0.39 is 11.6 Å². The van der Waals surface area contributed by atoms with Gasteiger partial charge in [-0.1, -0.05) is 0 Å². The Kier molecular flexibility index (Phi) is 4.80. The van der Waals surface area contributed by atoms with E-state index in [1.807, 2.05) is 17.9 Å². The number of furan rings is 1. The van der Waals surface area contributed by atoms with E-state index in [9.17, 15) is 14.4 Å². The fourth-order valence-corrected chi connectivity index (χ4v) is 3.61. The highest BCUT2D eigenvalue weighted by atomic mass is 16.3. The quantitative estimate of drug-likeness (QED) is 0.682. The number of rotatable bonds is 5. The van der Waals surface area contributed by atoms with Crippen LogP contribution in [-0.4, -0.2) is 47.9 Å². The second kappa shape index (κ2) is 6.87. The monoisotopic (exact) mass is 348 g/mol. The first-order valence-corrected chi connectivity index (χ1v) is 8.57. The molecule has 2 saturated heterocycles. The molecule has 0 aromatic carbocycles. The Morgan fingerprint density at radius 3 is 2.96 bits per heavy atom. The van der Waals surface area contributed by atoms with Crippen molar-refractivity contribution in [2.24, 2.45) is 5.92 Å². The SMILES string of the molecule is C[C@H](NC(=O)CN1CCC[C@@H]([C@@]2(C)NC(=O)NC2=O)C1)c1ccco1. The lowest BCUT2D eigenvalue weighted by Crippen LogP contribution is -2.56. The zero-order valence-electron chi connectivity index (χ0n) is 14.5. The van der Waals surface area contributed by atoms with Crippen LogP contribution in [0.3, 0.4) is 0 Å². The third kappa shape index (κ3) is 3.68. The van der Waals surface area contributed by atoms with Crippen molar-refractivity contribution >= 4 is 17.8 Å². The van der Waals surface area contributed by atoms with Crippen LogP contribution in [-0.2, 0) is 9.59 Å². The van der Waals surface area contributed by atoms with Crippen molar-refractivity contribution in [1.29, 1.82) is 0 Å². The lowest BCUT2D eigenvalue weighted by molar-refractivity contribution is -0.126. The van der Waals surface area contributed by atoms with Gasteiger partial charge in [0.2, 0.25) is 5.91 Å². The lowest BCUT2D eigenvalue weighted by Gasteiger charge is -2.39. The smallest absolute Gasteiger partial charge is 0.322 e. The van der Waals surface area contributed by atoms with Crippen LogP contribution in [0, 0.1) is 5.92 Å². The minimum Gasteiger partial charge on any atom is -0.467 e. The summed E-state index contributed by atoms with van der Waals surface area (Å²) in [6.45, 7) is 5.26. The number of amides is 4. The second-order valence-corrected chi connectivity index (χ2v) is 6.99. The maximum absolute atomic E-state index is 12.3. The van der Waals surface area contributed by atoms with Crippen LogP contribution >= 0.6 is 0 Å². The van der Waals surface area contributed by atoms with E-state index in [0.717, 1.165) is 19.4 Å². The highest BCUT2D eigenvalue weighted by Crippen LogP contribution is 2.29. The molecule has 0 aliphatic carbocycles. The number of carbonyl (C=O) groups excluding carboxylic acids is 3. The van der Waals surface area contributed by atoms with Crippen molar-refractivity contribution < 1.29 is 18.8 Å². The number of hydrogen-bond acceptors (Lipinski definition) is 5. The minimum atomic E-state index is -0.909. The Balaban J connectivity index is 1.56. The Hall–Kier alpha value is -2.35. The van der Waals surface area contributed by atoms with Gasteiger partial charge in [-0.2, -0.15) is 0 Å². The first kappa shape index (κ1) is 17.5. The van der Waals surface area contributed by atoms with Gasteiger partial charge in [0.05, 0.1) is 18.8 Å². The average Bonchev–Trinajstić information content (AvgIpc) is 3.17. The molecule has 0 unspecified atom stereocenters. The topological polar surface area (TPSA) is 104 Å². The molecule has 1 aromatic rings. The lowest BCUT2D eigenvalue weighted by atomic mass is 9.80. The zero-order chi connectivity index (χ0) is 18.0. The molecule has 25 heavy (non-hydrogen) atoms. The number of urea groups is 1. The number of likely N-dealkylation sites (tertiary alicyclic amines) is 1. The maximum Gasteiger partial charge on any atom is 0.322 e. The standard InChI is InChI=1S/C17H24N4O4/c1-11(13-6-4-8-25-13)18-14(22)10-21-7-3-5-12(9-21)17(2)15(23)19-16(24)20-17/h4,6,8,11-12H,3,5,7,9-10H2,1-2H3,(H,18,22)(H2,19,20,23,24)/t11-,12+,17+/m0/s1. The second-order valence-electron chi connectivity index (χ2n) is 6.99. The van der Waals surface area contributed by atoms with Gasteiger partial charge in [-0.25, -0.2) is 4.79 Å². The van der Waals surface area contributed by atoms with Crippen LogP contribution in [0.4, 0.5) is 4.79 Å². The molecule has 2 aliphatic rings. The van der Waals surface area contributed by atoms with E-state index in [4.69, 9.17) is 4.42 Å². The molecular formula is C17H24N4O4. The highest BCUT2D eigenvalue weighted by Gasteiger charge is 2.48. The molecule has 1 aromatic heterocycles. The number of carbonyl (C=O) groups is 3. The molecule has 2 aliphatic heterocycles. The Morgan fingerprint density at radius 2 is 2.32 bits per heavy atom. The van der Waals surface area contributed by atoms with Crippen molar-refractivity contribution in [2.45, 2.75) is 38.3 Å². The summed E-state index contributed by atoms with van der Waals surface area (Å²) >= 11 is 0. The van der Waals surface area contributed by atoms with E-state index in [1.54, 1.807) is 19.3 Å². The molecular weight excluding hydrogens is 324 g/mol. The van der Waals surface area contributed by atoms with E-state index in [-0.39, 0.29) is 30.3 Å². The molecule has 8 heteroatoms. The Labute approximate surface area is 146 Å². The van der Waals surface area contributed by atoms with Crippen LogP contribution in [0.25, 0.3) is 0 Å². The van der Waals surface area contributed by atoms with Crippen LogP contribution in [0.5, 0.6) is 0 Å². The molecule has 3 rings (SSSR count). The number of nitrogens with one attached hydrogen (secondary N) is 3. The molecule has 0 bridgehead atoms. The summed E-state index contributed by atoms with van der Waals surface area (Å²) in [5.41, 5.74) is -0.909. The summed E-state index contributed by atoms with van der Waals surface area (Å²) in [6, 6.07) is 2.97. The van der Waals surface area contributed by atoms with Gasteiger partial charge in [0.15, 0.2) is 0 Å². The summed E-state index contributed by atoms with van der Waals surface area (Å²) in [5, 5.41) is 7.96. The first-order valence-electron chi connectivity index (χ1n) is 8.57. The Morgan fingerprint density at radius 1 is 1.52 bits per heavy atom.